The number of amides is 1. The number of nitrogens with zero attached hydrogens (tertiary/aromatic N) is 2. The van der Waals surface area contributed by atoms with E-state index in [-0.39, 0.29) is 11.8 Å². The van der Waals surface area contributed by atoms with Crippen LogP contribution in [0.2, 0.25) is 0 Å². The molecule has 1 saturated heterocycles. The second kappa shape index (κ2) is 7.24. The van der Waals surface area contributed by atoms with E-state index in [1.807, 2.05) is 19.1 Å². The summed E-state index contributed by atoms with van der Waals surface area (Å²) in [5, 5.41) is 11.7. The number of hydrogen-bond acceptors (Lipinski definition) is 3. The molecule has 1 aliphatic heterocycles. The van der Waals surface area contributed by atoms with Crippen molar-refractivity contribution >= 4 is 11.6 Å². The average Bonchev–Trinajstić information content (AvgIpc) is 2.48. The van der Waals surface area contributed by atoms with Crippen LogP contribution in [0.4, 0.5) is 5.69 Å². The van der Waals surface area contributed by atoms with Crippen molar-refractivity contribution in [3.8, 4) is 6.07 Å². The van der Waals surface area contributed by atoms with Gasteiger partial charge in [0, 0.05) is 24.6 Å². The molecule has 112 valence electrons. The maximum atomic E-state index is 12.3. The Kier molecular flexibility index (Phi) is 5.35. The number of likely N-dealkylation sites (tertiary alicyclic amines) is 1. The third-order valence-electron chi connectivity index (χ3n) is 4.14. The van der Waals surface area contributed by atoms with Crippen LogP contribution in [-0.4, -0.2) is 30.4 Å². The number of nitrogens with one attached hydrogen (secondary N) is 1. The summed E-state index contributed by atoms with van der Waals surface area (Å²) in [4.78, 5) is 14.6. The average molecular weight is 285 g/mol. The topological polar surface area (TPSA) is 56.1 Å². The normalized spacial score (nSPS) is 16.4. The molecule has 4 nitrogen and oxygen atoms in total. The summed E-state index contributed by atoms with van der Waals surface area (Å²) in [6, 6.07) is 8.25. The van der Waals surface area contributed by atoms with Gasteiger partial charge < -0.3 is 10.2 Å². The first-order valence-electron chi connectivity index (χ1n) is 7.57. The monoisotopic (exact) mass is 285 g/mol. The molecule has 1 N–H and O–H groups in total. The first-order valence-corrected chi connectivity index (χ1v) is 7.57. The van der Waals surface area contributed by atoms with E-state index in [9.17, 15) is 4.79 Å². The summed E-state index contributed by atoms with van der Waals surface area (Å²) in [6.07, 6.45) is 2.32. The molecule has 0 spiro atoms. The Balaban J connectivity index is 1.86. The molecule has 0 radical (unpaired) electrons. The number of aryl methyl sites for hydroxylation is 2. The zero-order valence-corrected chi connectivity index (χ0v) is 12.9. The largest absolute Gasteiger partial charge is 0.326 e. The molecule has 0 saturated carbocycles. The lowest BCUT2D eigenvalue weighted by molar-refractivity contribution is -0.121. The zero-order chi connectivity index (χ0) is 15.2. The molecule has 2 rings (SSSR count). The highest BCUT2D eigenvalue weighted by molar-refractivity contribution is 5.93. The number of anilines is 1. The fourth-order valence-electron chi connectivity index (χ4n) is 2.82. The molecule has 1 aromatic rings. The highest BCUT2D eigenvalue weighted by Gasteiger charge is 2.24. The Morgan fingerprint density at radius 3 is 2.71 bits per heavy atom. The molecular weight excluding hydrogens is 262 g/mol. The molecule has 0 atom stereocenters. The van der Waals surface area contributed by atoms with Crippen molar-refractivity contribution in [1.29, 1.82) is 5.26 Å². The van der Waals surface area contributed by atoms with Gasteiger partial charge in [-0.05, 0) is 51.4 Å². The molecule has 21 heavy (non-hydrogen) atoms. The second-order valence-corrected chi connectivity index (χ2v) is 5.83. The number of nitriles is 1. The maximum absolute atomic E-state index is 12.3. The highest BCUT2D eigenvalue weighted by Crippen LogP contribution is 2.21. The molecule has 0 bridgehead atoms. The molecular formula is C17H23N3O. The molecule has 1 aromatic carbocycles. The van der Waals surface area contributed by atoms with E-state index in [4.69, 9.17) is 5.26 Å². The van der Waals surface area contributed by atoms with E-state index in [1.165, 1.54) is 5.56 Å². The smallest absolute Gasteiger partial charge is 0.227 e. The van der Waals surface area contributed by atoms with Gasteiger partial charge in [-0.1, -0.05) is 17.7 Å². The van der Waals surface area contributed by atoms with Crippen LogP contribution >= 0.6 is 0 Å². The number of carbonyl (C=O) groups is 1. The van der Waals surface area contributed by atoms with Gasteiger partial charge in [0.15, 0.2) is 0 Å². The predicted octanol–water partition coefficient (Wildman–Crippen LogP) is 2.87. The lowest BCUT2D eigenvalue weighted by atomic mass is 9.95. The fourth-order valence-corrected chi connectivity index (χ4v) is 2.82. The standard InChI is InChI=1S/C17H23N3O/c1-13-4-5-16(14(2)12-13)19-17(21)15-6-10-20(11-7-15)9-3-8-18/h4-5,12,15H,3,6-7,9-11H2,1-2H3,(H,19,21). The van der Waals surface area contributed by atoms with E-state index in [0.717, 1.165) is 43.7 Å². The zero-order valence-electron chi connectivity index (χ0n) is 12.9. The molecule has 1 heterocycles. The molecule has 1 aliphatic rings. The highest BCUT2D eigenvalue weighted by atomic mass is 16.1. The minimum absolute atomic E-state index is 0.0871. The minimum Gasteiger partial charge on any atom is -0.326 e. The summed E-state index contributed by atoms with van der Waals surface area (Å²) < 4.78 is 0. The molecule has 0 aliphatic carbocycles. The summed E-state index contributed by atoms with van der Waals surface area (Å²) >= 11 is 0. The van der Waals surface area contributed by atoms with Crippen molar-refractivity contribution in [2.75, 3.05) is 25.0 Å². The van der Waals surface area contributed by atoms with E-state index in [2.05, 4.69) is 29.3 Å². The molecule has 0 aromatic heterocycles. The van der Waals surface area contributed by atoms with Crippen LogP contribution in [0.15, 0.2) is 18.2 Å². The first kappa shape index (κ1) is 15.5. The Labute approximate surface area is 126 Å². The van der Waals surface area contributed by atoms with E-state index < -0.39 is 0 Å². The van der Waals surface area contributed by atoms with Gasteiger partial charge in [-0.3, -0.25) is 4.79 Å². The van der Waals surface area contributed by atoms with E-state index in [1.54, 1.807) is 0 Å². The Bertz CT molecular complexity index is 539. The molecule has 0 unspecified atom stereocenters. The maximum Gasteiger partial charge on any atom is 0.227 e. The van der Waals surface area contributed by atoms with Crippen molar-refractivity contribution in [1.82, 2.24) is 4.90 Å². The number of rotatable bonds is 4. The number of benzene rings is 1. The van der Waals surface area contributed by atoms with Crippen LogP contribution < -0.4 is 5.32 Å². The van der Waals surface area contributed by atoms with Gasteiger partial charge in [0.25, 0.3) is 0 Å². The second-order valence-electron chi connectivity index (χ2n) is 5.83. The quantitative estimate of drug-likeness (QED) is 0.925. The third-order valence-corrected chi connectivity index (χ3v) is 4.14. The minimum atomic E-state index is 0.0871. The van der Waals surface area contributed by atoms with E-state index in [0.29, 0.717) is 6.42 Å². The van der Waals surface area contributed by atoms with Crippen molar-refractivity contribution in [2.24, 2.45) is 5.92 Å². The van der Waals surface area contributed by atoms with Gasteiger partial charge in [-0.2, -0.15) is 5.26 Å². The summed E-state index contributed by atoms with van der Waals surface area (Å²) in [6.45, 7) is 6.71. The predicted molar refractivity (Wildman–Crippen MR) is 83.9 cm³/mol. The van der Waals surface area contributed by atoms with Crippen molar-refractivity contribution in [2.45, 2.75) is 33.1 Å². The molecule has 1 amide bonds. The Hall–Kier alpha value is -1.86. The fraction of sp³-hybridized carbons (Fsp3) is 0.529. The van der Waals surface area contributed by atoms with Crippen molar-refractivity contribution in [3.63, 3.8) is 0 Å². The van der Waals surface area contributed by atoms with Crippen LogP contribution in [-0.2, 0) is 4.79 Å². The number of piperidine rings is 1. The van der Waals surface area contributed by atoms with Gasteiger partial charge in [-0.25, -0.2) is 0 Å². The Morgan fingerprint density at radius 1 is 1.38 bits per heavy atom. The number of carbonyl (C=O) groups excluding carboxylic acids is 1. The third kappa shape index (κ3) is 4.30. The molecule has 4 heteroatoms. The van der Waals surface area contributed by atoms with Crippen LogP contribution in [0.25, 0.3) is 0 Å². The van der Waals surface area contributed by atoms with Gasteiger partial charge in [0.05, 0.1) is 6.07 Å². The summed E-state index contributed by atoms with van der Waals surface area (Å²) in [5.41, 5.74) is 3.23. The molecule has 1 fully saturated rings. The Morgan fingerprint density at radius 2 is 2.10 bits per heavy atom. The van der Waals surface area contributed by atoms with E-state index >= 15 is 0 Å². The van der Waals surface area contributed by atoms with Crippen LogP contribution in [0, 0.1) is 31.1 Å². The summed E-state index contributed by atoms with van der Waals surface area (Å²) in [5.74, 6) is 0.214. The lowest BCUT2D eigenvalue weighted by Crippen LogP contribution is -2.38. The van der Waals surface area contributed by atoms with Crippen molar-refractivity contribution in [3.05, 3.63) is 29.3 Å². The van der Waals surface area contributed by atoms with Gasteiger partial charge in [0.2, 0.25) is 5.91 Å². The van der Waals surface area contributed by atoms with Crippen molar-refractivity contribution < 1.29 is 4.79 Å². The first-order chi connectivity index (χ1) is 10.1. The van der Waals surface area contributed by atoms with Gasteiger partial charge in [0.1, 0.15) is 0 Å². The number of hydrogen-bond donors (Lipinski definition) is 1. The van der Waals surface area contributed by atoms with Gasteiger partial charge in [-0.15, -0.1) is 0 Å². The lowest BCUT2D eigenvalue weighted by Gasteiger charge is -2.30. The SMILES string of the molecule is Cc1ccc(NC(=O)C2CCN(CCC#N)CC2)c(C)c1. The summed E-state index contributed by atoms with van der Waals surface area (Å²) in [7, 11) is 0. The van der Waals surface area contributed by atoms with Crippen LogP contribution in [0.1, 0.15) is 30.4 Å². The van der Waals surface area contributed by atoms with Crippen LogP contribution in [0.3, 0.4) is 0 Å². The van der Waals surface area contributed by atoms with Crippen LogP contribution in [0.5, 0.6) is 0 Å². The van der Waals surface area contributed by atoms with Gasteiger partial charge >= 0.3 is 0 Å².